The van der Waals surface area contributed by atoms with E-state index in [4.69, 9.17) is 0 Å². The number of benzene rings is 1. The molecule has 0 nitrogen and oxygen atoms in total. The van der Waals surface area contributed by atoms with Crippen LogP contribution in [-0.4, -0.2) is 11.8 Å². The van der Waals surface area contributed by atoms with Crippen molar-refractivity contribution >= 4 is 13.2 Å². The molecule has 0 aromatic heterocycles. The average Bonchev–Trinajstić information content (AvgIpc) is 2.37. The Labute approximate surface area is 108 Å². The summed E-state index contributed by atoms with van der Waals surface area (Å²) < 4.78 is 0. The number of aryl methyl sites for hydroxylation is 1. The molecule has 0 bridgehead atoms. The quantitative estimate of drug-likeness (QED) is 0.676. The van der Waals surface area contributed by atoms with Gasteiger partial charge in [0.15, 0.2) is 0 Å². The van der Waals surface area contributed by atoms with Crippen molar-refractivity contribution in [1.82, 2.24) is 0 Å². The Balaban J connectivity index is 2.24. The monoisotopic (exact) mass is 248 g/mol. The van der Waals surface area contributed by atoms with E-state index in [-0.39, 0.29) is 7.92 Å². The lowest BCUT2D eigenvalue weighted by atomic mass is 10.0. The lowest BCUT2D eigenvalue weighted by Crippen LogP contribution is -2.20. The molecule has 1 saturated carbocycles. The first-order chi connectivity index (χ1) is 8.24. The third kappa shape index (κ3) is 2.91. The van der Waals surface area contributed by atoms with E-state index < -0.39 is 0 Å². The van der Waals surface area contributed by atoms with Gasteiger partial charge in [0.1, 0.15) is 0 Å². The normalized spacial score (nSPS) is 19.2. The lowest BCUT2D eigenvalue weighted by molar-refractivity contribution is 0.512. The third-order valence-corrected chi connectivity index (χ3v) is 7.42. The molecular weight excluding hydrogens is 223 g/mol. The highest BCUT2D eigenvalue weighted by Gasteiger charge is 2.24. The molecule has 94 valence electrons. The van der Waals surface area contributed by atoms with Gasteiger partial charge in [-0.15, -0.1) is 0 Å². The van der Waals surface area contributed by atoms with E-state index in [0.29, 0.717) is 0 Å². The molecule has 1 unspecified atom stereocenters. The summed E-state index contributed by atoms with van der Waals surface area (Å²) in [6.45, 7) is 6.96. The topological polar surface area (TPSA) is 0 Å². The molecule has 1 aliphatic carbocycles. The largest absolute Gasteiger partial charge is 0.0721 e. The van der Waals surface area contributed by atoms with Crippen LogP contribution in [0.1, 0.15) is 50.2 Å². The van der Waals surface area contributed by atoms with E-state index in [9.17, 15) is 0 Å². The van der Waals surface area contributed by atoms with Gasteiger partial charge < -0.3 is 0 Å². The van der Waals surface area contributed by atoms with Crippen molar-refractivity contribution in [3.05, 3.63) is 29.3 Å². The van der Waals surface area contributed by atoms with E-state index in [2.05, 4.69) is 39.0 Å². The van der Waals surface area contributed by atoms with Crippen LogP contribution in [0, 0.1) is 13.8 Å². The predicted molar refractivity (Wildman–Crippen MR) is 79.9 cm³/mol. The second-order valence-corrected chi connectivity index (χ2v) is 8.08. The van der Waals surface area contributed by atoms with Gasteiger partial charge in [0.2, 0.25) is 0 Å². The Hall–Kier alpha value is -0.350. The molecular formula is C16H25P. The molecule has 1 aromatic carbocycles. The van der Waals surface area contributed by atoms with Gasteiger partial charge in [-0.2, -0.15) is 0 Å². The summed E-state index contributed by atoms with van der Waals surface area (Å²) in [5.41, 5.74) is 4.04. The predicted octanol–water partition coefficient (Wildman–Crippen LogP) is 4.76. The number of hydrogen-bond acceptors (Lipinski definition) is 0. The summed E-state index contributed by atoms with van der Waals surface area (Å²) in [4.78, 5) is 0. The third-order valence-electron chi connectivity index (χ3n) is 4.24. The SMILES string of the molecule is CCP(c1cccc(C)c1C)C1CCCCC1. The van der Waals surface area contributed by atoms with Crippen LogP contribution in [0.15, 0.2) is 18.2 Å². The van der Waals surface area contributed by atoms with E-state index in [1.807, 2.05) is 0 Å². The van der Waals surface area contributed by atoms with Crippen LogP contribution in [0.3, 0.4) is 0 Å². The molecule has 0 saturated heterocycles. The molecule has 0 heterocycles. The lowest BCUT2D eigenvalue weighted by Gasteiger charge is -2.31. The molecule has 1 fully saturated rings. The zero-order valence-corrected chi connectivity index (χ0v) is 12.4. The molecule has 17 heavy (non-hydrogen) atoms. The zero-order valence-electron chi connectivity index (χ0n) is 11.5. The first-order valence-corrected chi connectivity index (χ1v) is 8.66. The minimum atomic E-state index is 0.0912. The van der Waals surface area contributed by atoms with Crippen molar-refractivity contribution in [2.75, 3.05) is 6.16 Å². The van der Waals surface area contributed by atoms with Crippen LogP contribution in [0.25, 0.3) is 0 Å². The van der Waals surface area contributed by atoms with Gasteiger partial charge in [0, 0.05) is 0 Å². The van der Waals surface area contributed by atoms with Gasteiger partial charge in [0.25, 0.3) is 0 Å². The maximum absolute atomic E-state index is 2.39. The van der Waals surface area contributed by atoms with Crippen LogP contribution in [0.5, 0.6) is 0 Å². The van der Waals surface area contributed by atoms with Crippen molar-refractivity contribution in [2.24, 2.45) is 0 Å². The van der Waals surface area contributed by atoms with Crippen molar-refractivity contribution < 1.29 is 0 Å². The van der Waals surface area contributed by atoms with E-state index >= 15 is 0 Å². The van der Waals surface area contributed by atoms with Crippen LogP contribution in [0.2, 0.25) is 0 Å². The van der Waals surface area contributed by atoms with Crippen molar-refractivity contribution in [3.63, 3.8) is 0 Å². The minimum Gasteiger partial charge on any atom is -0.0721 e. The molecule has 0 spiro atoms. The molecule has 1 atom stereocenters. The van der Waals surface area contributed by atoms with Gasteiger partial charge in [-0.25, -0.2) is 0 Å². The molecule has 2 rings (SSSR count). The average molecular weight is 248 g/mol. The molecule has 0 radical (unpaired) electrons. The van der Waals surface area contributed by atoms with Crippen LogP contribution in [-0.2, 0) is 0 Å². The first kappa shape index (κ1) is 13.1. The Bertz CT molecular complexity index is 364. The van der Waals surface area contributed by atoms with Gasteiger partial charge in [-0.3, -0.25) is 0 Å². The summed E-state index contributed by atoms with van der Waals surface area (Å²) in [6.07, 6.45) is 8.73. The molecule has 1 aromatic rings. The highest BCUT2D eigenvalue weighted by molar-refractivity contribution is 7.66. The van der Waals surface area contributed by atoms with Gasteiger partial charge >= 0.3 is 0 Å². The summed E-state index contributed by atoms with van der Waals surface area (Å²) in [5.74, 6) is 0. The van der Waals surface area contributed by atoms with Crippen LogP contribution in [0.4, 0.5) is 0 Å². The van der Waals surface area contributed by atoms with E-state index in [0.717, 1.165) is 5.66 Å². The maximum atomic E-state index is 2.39. The summed E-state index contributed by atoms with van der Waals surface area (Å²) >= 11 is 0. The molecule has 0 N–H and O–H groups in total. The van der Waals surface area contributed by atoms with Gasteiger partial charge in [-0.05, 0) is 54.9 Å². The Morgan fingerprint density at radius 1 is 1.12 bits per heavy atom. The Kier molecular flexibility index (Phi) is 4.62. The van der Waals surface area contributed by atoms with E-state index in [1.54, 1.807) is 10.9 Å². The van der Waals surface area contributed by atoms with Crippen LogP contribution >= 0.6 is 7.92 Å². The fraction of sp³-hybridized carbons (Fsp3) is 0.625. The second kappa shape index (κ2) is 6.01. The highest BCUT2D eigenvalue weighted by atomic mass is 31.1. The summed E-state index contributed by atoms with van der Waals surface area (Å²) in [6, 6.07) is 6.90. The smallest absolute Gasteiger partial charge is 0.0169 e. The van der Waals surface area contributed by atoms with Crippen molar-refractivity contribution in [1.29, 1.82) is 0 Å². The molecule has 1 aliphatic rings. The minimum absolute atomic E-state index is 0.0912. The number of hydrogen-bond donors (Lipinski definition) is 0. The fourth-order valence-electron chi connectivity index (χ4n) is 3.06. The first-order valence-electron chi connectivity index (χ1n) is 7.07. The Morgan fingerprint density at radius 3 is 2.47 bits per heavy atom. The van der Waals surface area contributed by atoms with Gasteiger partial charge in [0.05, 0.1) is 0 Å². The summed E-state index contributed by atoms with van der Waals surface area (Å²) in [7, 11) is 0.0912. The molecule has 0 aliphatic heterocycles. The molecule has 1 heteroatoms. The van der Waals surface area contributed by atoms with E-state index in [1.165, 1.54) is 43.8 Å². The van der Waals surface area contributed by atoms with Crippen LogP contribution < -0.4 is 5.30 Å². The Morgan fingerprint density at radius 2 is 1.82 bits per heavy atom. The van der Waals surface area contributed by atoms with Gasteiger partial charge in [-0.1, -0.05) is 52.3 Å². The number of rotatable bonds is 3. The summed E-state index contributed by atoms with van der Waals surface area (Å²) in [5, 5.41) is 1.69. The standard InChI is InChI=1S/C16H25P/c1-4-17(15-10-6-5-7-11-15)16-12-8-9-13(2)14(16)3/h8-9,12,15H,4-7,10-11H2,1-3H3. The van der Waals surface area contributed by atoms with Crippen molar-refractivity contribution in [3.8, 4) is 0 Å². The van der Waals surface area contributed by atoms with Crippen molar-refractivity contribution in [2.45, 2.75) is 58.5 Å². The maximum Gasteiger partial charge on any atom is -0.0169 e. The fourth-order valence-corrected chi connectivity index (χ4v) is 6.19. The zero-order chi connectivity index (χ0) is 12.3. The second-order valence-electron chi connectivity index (χ2n) is 5.30. The molecule has 0 amide bonds. The highest BCUT2D eigenvalue weighted by Crippen LogP contribution is 2.47.